The van der Waals surface area contributed by atoms with Gasteiger partial charge in [0.05, 0.1) is 10.5 Å². The summed E-state index contributed by atoms with van der Waals surface area (Å²) in [6.45, 7) is 0.346. The quantitative estimate of drug-likeness (QED) is 0.655. The first-order valence-corrected chi connectivity index (χ1v) is 6.78. The Hall–Kier alpha value is -2.12. The number of amides is 1. The standard InChI is InChI=1S/C12H10ClN3O3S/c13-8-1-2-11(16(18)19)10(4-8)15-5-9-3-7(6-20-9)12(14)17/h1-4,6,15H,5H2,(H2,14,17). The number of hydrogen-bond donors (Lipinski definition) is 2. The number of nitro groups is 1. The van der Waals surface area contributed by atoms with Gasteiger partial charge in [0.25, 0.3) is 5.69 Å². The number of halogens is 1. The van der Waals surface area contributed by atoms with Gasteiger partial charge in [-0.1, -0.05) is 11.6 Å². The number of anilines is 1. The van der Waals surface area contributed by atoms with Gasteiger partial charge in [-0.3, -0.25) is 14.9 Å². The summed E-state index contributed by atoms with van der Waals surface area (Å²) in [7, 11) is 0. The third kappa shape index (κ3) is 3.25. The fraction of sp³-hybridized carbons (Fsp3) is 0.0833. The topological polar surface area (TPSA) is 98.3 Å². The summed E-state index contributed by atoms with van der Waals surface area (Å²) in [5.74, 6) is -0.499. The minimum atomic E-state index is -0.499. The molecule has 0 saturated carbocycles. The fourth-order valence-corrected chi connectivity index (χ4v) is 2.58. The van der Waals surface area contributed by atoms with Crippen molar-refractivity contribution >= 4 is 40.2 Å². The molecular formula is C12H10ClN3O3S. The van der Waals surface area contributed by atoms with E-state index in [0.717, 1.165) is 4.88 Å². The molecule has 0 aliphatic carbocycles. The molecule has 0 fully saturated rings. The lowest BCUT2D eigenvalue weighted by molar-refractivity contribution is -0.384. The monoisotopic (exact) mass is 311 g/mol. The van der Waals surface area contributed by atoms with Crippen molar-refractivity contribution in [1.82, 2.24) is 0 Å². The van der Waals surface area contributed by atoms with E-state index in [-0.39, 0.29) is 5.69 Å². The van der Waals surface area contributed by atoms with Crippen LogP contribution in [0.15, 0.2) is 29.6 Å². The third-order valence-corrected chi connectivity index (χ3v) is 3.72. The van der Waals surface area contributed by atoms with Gasteiger partial charge in [0.1, 0.15) is 5.69 Å². The molecule has 0 spiro atoms. The Kier molecular flexibility index (Phi) is 4.21. The van der Waals surface area contributed by atoms with E-state index in [4.69, 9.17) is 17.3 Å². The van der Waals surface area contributed by atoms with E-state index >= 15 is 0 Å². The molecule has 1 aromatic heterocycles. The van der Waals surface area contributed by atoms with Gasteiger partial charge >= 0.3 is 0 Å². The average Bonchev–Trinajstić information content (AvgIpc) is 2.85. The lowest BCUT2D eigenvalue weighted by Crippen LogP contribution is -2.09. The second kappa shape index (κ2) is 5.89. The Morgan fingerprint density at radius 1 is 1.45 bits per heavy atom. The highest BCUT2D eigenvalue weighted by molar-refractivity contribution is 7.10. The number of nitrogens with two attached hydrogens (primary N) is 1. The average molecular weight is 312 g/mol. The summed E-state index contributed by atoms with van der Waals surface area (Å²) in [6, 6.07) is 5.94. The van der Waals surface area contributed by atoms with E-state index in [0.29, 0.717) is 22.8 Å². The third-order valence-electron chi connectivity index (χ3n) is 2.55. The molecular weight excluding hydrogens is 302 g/mol. The number of carbonyl (C=O) groups is 1. The molecule has 0 saturated heterocycles. The number of nitro benzene ring substituents is 1. The Morgan fingerprint density at radius 2 is 2.20 bits per heavy atom. The van der Waals surface area contributed by atoms with Crippen molar-refractivity contribution in [3.63, 3.8) is 0 Å². The summed E-state index contributed by atoms with van der Waals surface area (Å²) in [6.07, 6.45) is 0. The molecule has 8 heteroatoms. The fourth-order valence-electron chi connectivity index (χ4n) is 1.59. The van der Waals surface area contributed by atoms with Crippen LogP contribution < -0.4 is 11.1 Å². The molecule has 3 N–H and O–H groups in total. The maximum Gasteiger partial charge on any atom is 0.292 e. The number of rotatable bonds is 5. The van der Waals surface area contributed by atoms with E-state index in [1.54, 1.807) is 11.4 Å². The molecule has 0 bridgehead atoms. The Morgan fingerprint density at radius 3 is 2.80 bits per heavy atom. The Balaban J connectivity index is 2.15. The highest BCUT2D eigenvalue weighted by Gasteiger charge is 2.14. The molecule has 1 amide bonds. The van der Waals surface area contributed by atoms with E-state index < -0.39 is 10.8 Å². The van der Waals surface area contributed by atoms with Gasteiger partial charge in [-0.15, -0.1) is 11.3 Å². The number of benzene rings is 1. The first kappa shape index (κ1) is 14.3. The molecule has 1 aromatic carbocycles. The Labute approximate surface area is 123 Å². The molecule has 20 heavy (non-hydrogen) atoms. The molecule has 2 aromatic rings. The van der Waals surface area contributed by atoms with Crippen LogP contribution in [-0.4, -0.2) is 10.8 Å². The van der Waals surface area contributed by atoms with Crippen molar-refractivity contribution in [2.75, 3.05) is 5.32 Å². The van der Waals surface area contributed by atoms with Crippen LogP contribution in [-0.2, 0) is 6.54 Å². The summed E-state index contributed by atoms with van der Waals surface area (Å²) in [5, 5.41) is 15.9. The Bertz CT molecular complexity index is 672. The summed E-state index contributed by atoms with van der Waals surface area (Å²) >= 11 is 7.18. The second-order valence-corrected chi connectivity index (χ2v) is 5.37. The van der Waals surface area contributed by atoms with Crippen LogP contribution in [0.2, 0.25) is 5.02 Å². The van der Waals surface area contributed by atoms with Crippen molar-refractivity contribution < 1.29 is 9.72 Å². The largest absolute Gasteiger partial charge is 0.375 e. The number of primary amides is 1. The van der Waals surface area contributed by atoms with Gasteiger partial charge in [-0.2, -0.15) is 0 Å². The van der Waals surface area contributed by atoms with Crippen molar-refractivity contribution in [2.24, 2.45) is 5.73 Å². The molecule has 104 valence electrons. The van der Waals surface area contributed by atoms with Gasteiger partial charge in [0.2, 0.25) is 5.91 Å². The molecule has 1 heterocycles. The predicted octanol–water partition coefficient (Wildman–Crippen LogP) is 3.02. The van der Waals surface area contributed by atoms with E-state index in [1.807, 2.05) is 0 Å². The van der Waals surface area contributed by atoms with E-state index in [9.17, 15) is 14.9 Å². The SMILES string of the molecule is NC(=O)c1csc(CNc2cc(Cl)ccc2[N+](=O)[O-])c1. The zero-order valence-electron chi connectivity index (χ0n) is 10.1. The van der Waals surface area contributed by atoms with Crippen molar-refractivity contribution in [1.29, 1.82) is 0 Å². The van der Waals surface area contributed by atoms with Crippen LogP contribution in [0.25, 0.3) is 0 Å². The lowest BCUT2D eigenvalue weighted by atomic mass is 10.2. The number of nitrogens with one attached hydrogen (secondary N) is 1. The molecule has 0 atom stereocenters. The summed E-state index contributed by atoms with van der Waals surface area (Å²) in [5.41, 5.74) is 5.86. The maximum atomic E-state index is 11.0. The molecule has 0 radical (unpaired) electrons. The smallest absolute Gasteiger partial charge is 0.292 e. The molecule has 6 nitrogen and oxygen atoms in total. The van der Waals surface area contributed by atoms with Crippen LogP contribution in [0.5, 0.6) is 0 Å². The maximum absolute atomic E-state index is 11.0. The summed E-state index contributed by atoms with van der Waals surface area (Å²) in [4.78, 5) is 22.2. The van der Waals surface area contributed by atoms with Gasteiger partial charge in [-0.05, 0) is 18.2 Å². The van der Waals surface area contributed by atoms with Gasteiger partial charge in [0.15, 0.2) is 0 Å². The van der Waals surface area contributed by atoms with Gasteiger partial charge in [0, 0.05) is 27.9 Å². The van der Waals surface area contributed by atoms with E-state index in [1.165, 1.54) is 29.5 Å². The highest BCUT2D eigenvalue weighted by atomic mass is 35.5. The van der Waals surface area contributed by atoms with Crippen molar-refractivity contribution in [3.05, 3.63) is 55.2 Å². The number of thiophene rings is 1. The van der Waals surface area contributed by atoms with Crippen molar-refractivity contribution in [2.45, 2.75) is 6.54 Å². The zero-order chi connectivity index (χ0) is 14.7. The number of carbonyl (C=O) groups excluding carboxylic acids is 1. The van der Waals surface area contributed by atoms with Crippen LogP contribution in [0, 0.1) is 10.1 Å². The van der Waals surface area contributed by atoms with E-state index in [2.05, 4.69) is 5.32 Å². The zero-order valence-corrected chi connectivity index (χ0v) is 11.7. The number of hydrogen-bond acceptors (Lipinski definition) is 5. The molecule has 0 aliphatic rings. The van der Waals surface area contributed by atoms with Crippen LogP contribution in [0.4, 0.5) is 11.4 Å². The first-order valence-electron chi connectivity index (χ1n) is 5.52. The normalized spacial score (nSPS) is 10.2. The highest BCUT2D eigenvalue weighted by Crippen LogP contribution is 2.28. The van der Waals surface area contributed by atoms with Crippen LogP contribution in [0.1, 0.15) is 15.2 Å². The minimum absolute atomic E-state index is 0.0546. The van der Waals surface area contributed by atoms with Crippen molar-refractivity contribution in [3.8, 4) is 0 Å². The molecule has 0 unspecified atom stereocenters. The summed E-state index contributed by atoms with van der Waals surface area (Å²) < 4.78 is 0. The van der Waals surface area contributed by atoms with Gasteiger partial charge < -0.3 is 11.1 Å². The minimum Gasteiger partial charge on any atom is -0.375 e. The van der Waals surface area contributed by atoms with Crippen LogP contribution in [0.3, 0.4) is 0 Å². The molecule has 0 aliphatic heterocycles. The van der Waals surface area contributed by atoms with Crippen LogP contribution >= 0.6 is 22.9 Å². The van der Waals surface area contributed by atoms with Gasteiger partial charge in [-0.25, -0.2) is 0 Å². The number of nitrogens with zero attached hydrogens (tertiary/aromatic N) is 1. The second-order valence-electron chi connectivity index (χ2n) is 3.94. The first-order chi connectivity index (χ1) is 9.47. The molecule has 2 rings (SSSR count). The lowest BCUT2D eigenvalue weighted by Gasteiger charge is -2.06. The predicted molar refractivity (Wildman–Crippen MR) is 78.3 cm³/mol.